The quantitative estimate of drug-likeness (QED) is 0.556. The fourth-order valence-electron chi connectivity index (χ4n) is 8.18. The average molecular weight is 433 g/mol. The summed E-state index contributed by atoms with van der Waals surface area (Å²) in [5.41, 5.74) is -2.84. The summed E-state index contributed by atoms with van der Waals surface area (Å²) in [6.45, 7) is 1.61. The summed E-state index contributed by atoms with van der Waals surface area (Å²) in [6.07, 6.45) is 3.54. The SMILES string of the molecule is C[C@]12[C@H](O)C(=O)[C@H]3[C@@H](CC[C@@H]4C[C@@H](O)CC[C@@]43CO)[C@@]1(O)CC[C@@H]2c1ccc(=O)oc1. The smallest absolute Gasteiger partial charge is 0.335 e. The highest BCUT2D eigenvalue weighted by atomic mass is 16.4. The van der Waals surface area contributed by atoms with Crippen molar-refractivity contribution in [1.29, 1.82) is 0 Å². The highest BCUT2D eigenvalue weighted by Gasteiger charge is 2.74. The molecule has 0 aromatic carbocycles. The second-order valence-corrected chi connectivity index (χ2v) is 10.7. The van der Waals surface area contributed by atoms with E-state index >= 15 is 0 Å². The van der Waals surface area contributed by atoms with Gasteiger partial charge >= 0.3 is 5.63 Å². The van der Waals surface area contributed by atoms with Crippen LogP contribution < -0.4 is 5.63 Å². The van der Waals surface area contributed by atoms with E-state index in [1.165, 1.54) is 12.3 Å². The van der Waals surface area contributed by atoms with Gasteiger partial charge in [-0.1, -0.05) is 6.92 Å². The van der Waals surface area contributed by atoms with Crippen molar-refractivity contribution < 1.29 is 29.6 Å². The number of aliphatic hydroxyl groups is 4. The molecule has 31 heavy (non-hydrogen) atoms. The minimum absolute atomic E-state index is 0.00667. The van der Waals surface area contributed by atoms with E-state index in [1.54, 1.807) is 13.0 Å². The normalized spacial score (nSPS) is 49.3. The zero-order valence-electron chi connectivity index (χ0n) is 17.9. The lowest BCUT2D eigenvalue weighted by molar-refractivity contribution is -0.236. The third kappa shape index (κ3) is 2.60. The van der Waals surface area contributed by atoms with E-state index < -0.39 is 40.2 Å². The number of aliphatic hydroxyl groups excluding tert-OH is 3. The van der Waals surface area contributed by atoms with Crippen molar-refractivity contribution in [2.24, 2.45) is 28.6 Å². The molecule has 5 rings (SSSR count). The molecule has 4 aliphatic rings. The Balaban J connectivity index is 1.59. The average Bonchev–Trinajstić information content (AvgIpc) is 3.05. The third-order valence-corrected chi connectivity index (χ3v) is 9.81. The summed E-state index contributed by atoms with van der Waals surface area (Å²) in [5, 5.41) is 44.3. The van der Waals surface area contributed by atoms with Crippen LogP contribution in [0.4, 0.5) is 0 Å². The summed E-state index contributed by atoms with van der Waals surface area (Å²) in [6, 6.07) is 2.99. The minimum atomic E-state index is -1.38. The molecule has 4 N–H and O–H groups in total. The van der Waals surface area contributed by atoms with Crippen LogP contribution in [-0.2, 0) is 4.79 Å². The first-order valence-corrected chi connectivity index (χ1v) is 11.5. The van der Waals surface area contributed by atoms with Crippen LogP contribution in [0.25, 0.3) is 0 Å². The number of ketones is 1. The lowest BCUT2D eigenvalue weighted by Gasteiger charge is -2.64. The van der Waals surface area contributed by atoms with Crippen LogP contribution in [0.5, 0.6) is 0 Å². The Bertz CT molecular complexity index is 922. The number of fused-ring (bicyclic) bond motifs is 5. The molecule has 0 bridgehead atoms. The Labute approximate surface area is 181 Å². The summed E-state index contributed by atoms with van der Waals surface area (Å²) >= 11 is 0. The number of Topliss-reactive ketones (excluding diaryl/α,β-unsaturated/α-hetero) is 1. The van der Waals surface area contributed by atoms with Gasteiger partial charge in [-0.3, -0.25) is 4.79 Å². The van der Waals surface area contributed by atoms with Crippen molar-refractivity contribution in [2.75, 3.05) is 6.61 Å². The van der Waals surface area contributed by atoms with Crippen LogP contribution in [0.15, 0.2) is 27.6 Å². The third-order valence-electron chi connectivity index (χ3n) is 9.81. The molecule has 1 aromatic heterocycles. The van der Waals surface area contributed by atoms with E-state index in [-0.39, 0.29) is 30.1 Å². The van der Waals surface area contributed by atoms with Crippen LogP contribution >= 0.6 is 0 Å². The summed E-state index contributed by atoms with van der Waals surface area (Å²) < 4.78 is 5.05. The molecule has 0 unspecified atom stereocenters. The molecule has 0 aliphatic heterocycles. The molecule has 1 heterocycles. The van der Waals surface area contributed by atoms with Gasteiger partial charge in [0, 0.05) is 29.4 Å². The Hall–Kier alpha value is -1.54. The fraction of sp³-hybridized carbons (Fsp3) is 0.750. The molecule has 7 nitrogen and oxygen atoms in total. The fourth-order valence-corrected chi connectivity index (χ4v) is 8.18. The number of carbonyl (C=O) groups excluding carboxylic acids is 1. The van der Waals surface area contributed by atoms with Gasteiger partial charge in [0.05, 0.1) is 18.0 Å². The van der Waals surface area contributed by atoms with Crippen molar-refractivity contribution in [3.05, 3.63) is 34.4 Å². The predicted octanol–water partition coefficient (Wildman–Crippen LogP) is 1.36. The molecule has 9 atom stereocenters. The van der Waals surface area contributed by atoms with E-state index in [0.29, 0.717) is 44.1 Å². The van der Waals surface area contributed by atoms with Gasteiger partial charge in [-0.2, -0.15) is 0 Å². The van der Waals surface area contributed by atoms with Gasteiger partial charge in [0.25, 0.3) is 0 Å². The van der Waals surface area contributed by atoms with E-state index in [4.69, 9.17) is 4.42 Å². The molecule has 1 aromatic rings. The first kappa shape index (κ1) is 21.3. The molecule has 0 radical (unpaired) electrons. The van der Waals surface area contributed by atoms with Crippen molar-refractivity contribution >= 4 is 5.78 Å². The summed E-state index contributed by atoms with van der Waals surface area (Å²) in [5.74, 6) is -1.58. The molecule has 4 fully saturated rings. The Kier molecular flexibility index (Phi) is 4.80. The first-order chi connectivity index (χ1) is 14.7. The van der Waals surface area contributed by atoms with E-state index in [0.717, 1.165) is 6.42 Å². The number of hydrogen-bond acceptors (Lipinski definition) is 7. The van der Waals surface area contributed by atoms with E-state index in [2.05, 4.69) is 0 Å². The Morgan fingerprint density at radius 3 is 2.55 bits per heavy atom. The van der Waals surface area contributed by atoms with Crippen LogP contribution in [0.2, 0.25) is 0 Å². The lowest BCUT2D eigenvalue weighted by atomic mass is 9.42. The molecule has 0 saturated heterocycles. The maximum Gasteiger partial charge on any atom is 0.335 e. The molecule has 0 spiro atoms. The monoisotopic (exact) mass is 432 g/mol. The van der Waals surface area contributed by atoms with Crippen molar-refractivity contribution in [3.63, 3.8) is 0 Å². The Morgan fingerprint density at radius 1 is 1.10 bits per heavy atom. The molecule has 4 saturated carbocycles. The number of carbonyl (C=O) groups is 1. The molecule has 4 aliphatic carbocycles. The van der Waals surface area contributed by atoms with Gasteiger partial charge in [-0.05, 0) is 74.3 Å². The highest BCUT2D eigenvalue weighted by Crippen LogP contribution is 2.69. The van der Waals surface area contributed by atoms with Crippen molar-refractivity contribution in [1.82, 2.24) is 0 Å². The van der Waals surface area contributed by atoms with Gasteiger partial charge in [0.2, 0.25) is 0 Å². The maximum atomic E-state index is 13.8. The minimum Gasteiger partial charge on any atom is -0.431 e. The predicted molar refractivity (Wildman–Crippen MR) is 110 cm³/mol. The first-order valence-electron chi connectivity index (χ1n) is 11.5. The molecule has 7 heteroatoms. The van der Waals surface area contributed by atoms with Crippen molar-refractivity contribution in [2.45, 2.75) is 75.6 Å². The zero-order chi connectivity index (χ0) is 22.2. The van der Waals surface area contributed by atoms with Gasteiger partial charge < -0.3 is 24.8 Å². The van der Waals surface area contributed by atoms with Gasteiger partial charge in [0.1, 0.15) is 6.10 Å². The molecule has 170 valence electrons. The molecular formula is C24H32O7. The maximum absolute atomic E-state index is 13.8. The summed E-state index contributed by atoms with van der Waals surface area (Å²) in [4.78, 5) is 25.2. The van der Waals surface area contributed by atoms with Crippen LogP contribution in [0.3, 0.4) is 0 Å². The van der Waals surface area contributed by atoms with Gasteiger partial charge in [-0.15, -0.1) is 0 Å². The second kappa shape index (κ2) is 6.98. The molecular weight excluding hydrogens is 400 g/mol. The van der Waals surface area contributed by atoms with Crippen LogP contribution in [0, 0.1) is 28.6 Å². The van der Waals surface area contributed by atoms with Gasteiger partial charge in [0.15, 0.2) is 5.78 Å². The van der Waals surface area contributed by atoms with Crippen LogP contribution in [-0.4, -0.2) is 50.6 Å². The standard InChI is InChI=1S/C24H32O7/c1-22-16(13-2-5-18(27)31-11-13)7-9-24(22,30)17-4-3-14-10-15(26)6-8-23(14,12-25)19(17)20(28)21(22)29/h2,5,11,14-17,19,21,25-26,29-30H,3-4,6-10,12H2,1H3/t14-,15+,16-,17-,19-,21-,22+,23-,24+/m1/s1. The lowest BCUT2D eigenvalue weighted by Crippen LogP contribution is -2.71. The van der Waals surface area contributed by atoms with E-state index in [9.17, 15) is 30.0 Å². The Morgan fingerprint density at radius 2 is 1.87 bits per heavy atom. The highest BCUT2D eigenvalue weighted by molar-refractivity contribution is 5.89. The second-order valence-electron chi connectivity index (χ2n) is 10.7. The topological polar surface area (TPSA) is 128 Å². The largest absolute Gasteiger partial charge is 0.431 e. The van der Waals surface area contributed by atoms with Gasteiger partial charge in [-0.25, -0.2) is 4.79 Å². The van der Waals surface area contributed by atoms with E-state index in [1.807, 2.05) is 0 Å². The van der Waals surface area contributed by atoms with Crippen molar-refractivity contribution in [3.8, 4) is 0 Å². The zero-order valence-corrected chi connectivity index (χ0v) is 17.9. The van der Waals surface area contributed by atoms with Crippen LogP contribution in [0.1, 0.15) is 63.4 Å². The molecule has 0 amide bonds. The number of hydrogen-bond donors (Lipinski definition) is 4. The summed E-state index contributed by atoms with van der Waals surface area (Å²) in [7, 11) is 0. The number of rotatable bonds is 2.